The molecule has 0 N–H and O–H groups in total. The summed E-state index contributed by atoms with van der Waals surface area (Å²) in [6.07, 6.45) is 1.70. The van der Waals surface area contributed by atoms with Gasteiger partial charge in [0, 0.05) is 15.7 Å². The molecule has 90 valence electrons. The van der Waals surface area contributed by atoms with Gasteiger partial charge in [0.1, 0.15) is 5.82 Å². The zero-order valence-electron chi connectivity index (χ0n) is 9.07. The van der Waals surface area contributed by atoms with Gasteiger partial charge in [0.15, 0.2) is 0 Å². The lowest BCUT2D eigenvalue weighted by Crippen LogP contribution is -2.27. The van der Waals surface area contributed by atoms with Crippen molar-refractivity contribution in [1.29, 1.82) is 0 Å². The lowest BCUT2D eigenvalue weighted by Gasteiger charge is -2.28. The smallest absolute Gasteiger partial charge is 0.127 e. The van der Waals surface area contributed by atoms with Crippen molar-refractivity contribution in [3.63, 3.8) is 0 Å². The first-order valence-corrected chi connectivity index (χ1v) is 7.75. The van der Waals surface area contributed by atoms with Crippen molar-refractivity contribution in [2.24, 2.45) is 5.41 Å². The van der Waals surface area contributed by atoms with Gasteiger partial charge in [-0.15, -0.1) is 0 Å². The van der Waals surface area contributed by atoms with Crippen molar-refractivity contribution in [3.8, 4) is 0 Å². The standard InChI is InChI=1S/C12H14Br2ClF/c1-2-12(7-13,8-14)6-9-3-4-10(15)5-11(9)16/h3-5H,2,6-8H2,1H3. The highest BCUT2D eigenvalue weighted by Gasteiger charge is 2.27. The molecule has 0 amide bonds. The fourth-order valence-corrected chi connectivity index (χ4v) is 3.79. The second kappa shape index (κ2) is 6.36. The van der Waals surface area contributed by atoms with Gasteiger partial charge in [0.05, 0.1) is 0 Å². The molecular formula is C12H14Br2ClF. The summed E-state index contributed by atoms with van der Waals surface area (Å²) in [5.74, 6) is -0.216. The monoisotopic (exact) mass is 370 g/mol. The molecule has 0 fully saturated rings. The predicted molar refractivity (Wildman–Crippen MR) is 75.4 cm³/mol. The van der Waals surface area contributed by atoms with Crippen LogP contribution < -0.4 is 0 Å². The minimum Gasteiger partial charge on any atom is -0.207 e. The van der Waals surface area contributed by atoms with Crippen molar-refractivity contribution < 1.29 is 4.39 Å². The second-order valence-corrected chi connectivity index (χ2v) is 5.59. The molecule has 0 bridgehead atoms. The van der Waals surface area contributed by atoms with Gasteiger partial charge in [-0.1, -0.05) is 56.5 Å². The van der Waals surface area contributed by atoms with Gasteiger partial charge in [-0.2, -0.15) is 0 Å². The van der Waals surface area contributed by atoms with Crippen molar-refractivity contribution in [1.82, 2.24) is 0 Å². The van der Waals surface area contributed by atoms with Crippen LogP contribution in [0.3, 0.4) is 0 Å². The Bertz CT molecular complexity index is 343. The highest BCUT2D eigenvalue weighted by molar-refractivity contribution is 9.09. The predicted octanol–water partition coefficient (Wildman–Crippen LogP) is 5.21. The molecule has 0 aromatic heterocycles. The average molecular weight is 373 g/mol. The first kappa shape index (κ1) is 14.5. The van der Waals surface area contributed by atoms with Crippen LogP contribution in [0.5, 0.6) is 0 Å². The summed E-state index contributed by atoms with van der Waals surface area (Å²) in [5, 5.41) is 2.15. The van der Waals surface area contributed by atoms with Crippen LogP contribution in [0.1, 0.15) is 18.9 Å². The first-order valence-electron chi connectivity index (χ1n) is 5.13. The van der Waals surface area contributed by atoms with Crippen molar-refractivity contribution >= 4 is 43.5 Å². The number of hydrogen-bond donors (Lipinski definition) is 0. The molecule has 1 aromatic rings. The van der Waals surface area contributed by atoms with E-state index in [1.54, 1.807) is 12.1 Å². The van der Waals surface area contributed by atoms with Gasteiger partial charge in [-0.3, -0.25) is 0 Å². The lowest BCUT2D eigenvalue weighted by molar-refractivity contribution is 0.367. The van der Waals surface area contributed by atoms with E-state index in [1.165, 1.54) is 6.07 Å². The molecule has 1 aromatic carbocycles. The molecule has 16 heavy (non-hydrogen) atoms. The minimum atomic E-state index is -0.216. The quantitative estimate of drug-likeness (QED) is 0.623. The normalized spacial score (nSPS) is 11.8. The fourth-order valence-electron chi connectivity index (χ4n) is 1.51. The molecular weight excluding hydrogens is 358 g/mol. The topological polar surface area (TPSA) is 0 Å². The fraction of sp³-hybridized carbons (Fsp3) is 0.500. The Morgan fingerprint density at radius 2 is 1.94 bits per heavy atom. The second-order valence-electron chi connectivity index (χ2n) is 4.03. The molecule has 0 unspecified atom stereocenters. The Morgan fingerprint density at radius 1 is 1.31 bits per heavy atom. The van der Waals surface area contributed by atoms with Gasteiger partial charge < -0.3 is 0 Å². The molecule has 0 aliphatic carbocycles. The Morgan fingerprint density at radius 3 is 2.38 bits per heavy atom. The van der Waals surface area contributed by atoms with Gasteiger partial charge in [-0.05, 0) is 36.0 Å². The molecule has 0 aliphatic rings. The van der Waals surface area contributed by atoms with E-state index in [9.17, 15) is 4.39 Å². The Hall–Kier alpha value is 0.400. The van der Waals surface area contributed by atoms with E-state index in [-0.39, 0.29) is 11.2 Å². The largest absolute Gasteiger partial charge is 0.207 e. The van der Waals surface area contributed by atoms with E-state index in [4.69, 9.17) is 11.6 Å². The maximum Gasteiger partial charge on any atom is 0.127 e. The molecule has 0 saturated carbocycles. The van der Waals surface area contributed by atoms with Crippen LogP contribution in [0.2, 0.25) is 5.02 Å². The number of hydrogen-bond acceptors (Lipinski definition) is 0. The maximum absolute atomic E-state index is 13.7. The molecule has 0 heterocycles. The SMILES string of the molecule is CCC(CBr)(CBr)Cc1ccc(Cl)cc1F. The average Bonchev–Trinajstić information content (AvgIpc) is 2.29. The number of halogens is 4. The molecule has 0 radical (unpaired) electrons. The summed E-state index contributed by atoms with van der Waals surface area (Å²) >= 11 is 12.8. The molecule has 0 atom stereocenters. The van der Waals surface area contributed by atoms with Crippen LogP contribution in [-0.4, -0.2) is 10.7 Å². The van der Waals surface area contributed by atoms with E-state index < -0.39 is 0 Å². The highest BCUT2D eigenvalue weighted by atomic mass is 79.9. The maximum atomic E-state index is 13.7. The molecule has 0 saturated heterocycles. The van der Waals surface area contributed by atoms with Gasteiger partial charge in [0.25, 0.3) is 0 Å². The summed E-state index contributed by atoms with van der Waals surface area (Å²) in [5.41, 5.74) is 0.791. The van der Waals surface area contributed by atoms with E-state index in [2.05, 4.69) is 38.8 Å². The number of benzene rings is 1. The van der Waals surface area contributed by atoms with E-state index in [1.807, 2.05) is 0 Å². The summed E-state index contributed by atoms with van der Waals surface area (Å²) in [6, 6.07) is 4.88. The summed E-state index contributed by atoms with van der Waals surface area (Å²) in [4.78, 5) is 0. The lowest BCUT2D eigenvalue weighted by atomic mass is 9.83. The number of alkyl halides is 2. The highest BCUT2D eigenvalue weighted by Crippen LogP contribution is 2.32. The van der Waals surface area contributed by atoms with E-state index in [0.29, 0.717) is 11.4 Å². The van der Waals surface area contributed by atoms with Crippen LogP contribution >= 0.6 is 43.5 Å². The van der Waals surface area contributed by atoms with Crippen LogP contribution in [0.4, 0.5) is 4.39 Å². The Kier molecular flexibility index (Phi) is 5.75. The third kappa shape index (κ3) is 3.44. The number of rotatable bonds is 5. The molecule has 0 nitrogen and oxygen atoms in total. The van der Waals surface area contributed by atoms with Crippen LogP contribution in [0, 0.1) is 11.2 Å². The first-order chi connectivity index (χ1) is 7.56. The summed E-state index contributed by atoms with van der Waals surface area (Å²) < 4.78 is 13.7. The van der Waals surface area contributed by atoms with Crippen LogP contribution in [-0.2, 0) is 6.42 Å². The zero-order chi connectivity index (χ0) is 12.2. The minimum absolute atomic E-state index is 0.0642. The van der Waals surface area contributed by atoms with Gasteiger partial charge in [-0.25, -0.2) is 4.39 Å². The van der Waals surface area contributed by atoms with Crippen molar-refractivity contribution in [2.75, 3.05) is 10.7 Å². The molecule has 0 aliphatic heterocycles. The van der Waals surface area contributed by atoms with Crippen LogP contribution in [0.25, 0.3) is 0 Å². The van der Waals surface area contributed by atoms with E-state index in [0.717, 1.165) is 22.6 Å². The van der Waals surface area contributed by atoms with Crippen molar-refractivity contribution in [3.05, 3.63) is 34.6 Å². The molecule has 0 spiro atoms. The Balaban J connectivity index is 2.93. The summed E-state index contributed by atoms with van der Waals surface area (Å²) in [7, 11) is 0. The third-order valence-electron chi connectivity index (χ3n) is 2.90. The van der Waals surface area contributed by atoms with Crippen LogP contribution in [0.15, 0.2) is 18.2 Å². The third-order valence-corrected chi connectivity index (χ3v) is 5.51. The van der Waals surface area contributed by atoms with E-state index >= 15 is 0 Å². The van der Waals surface area contributed by atoms with Gasteiger partial charge in [0.2, 0.25) is 0 Å². The van der Waals surface area contributed by atoms with Gasteiger partial charge >= 0.3 is 0 Å². The zero-order valence-corrected chi connectivity index (χ0v) is 13.0. The molecule has 1 rings (SSSR count). The van der Waals surface area contributed by atoms with Crippen molar-refractivity contribution in [2.45, 2.75) is 19.8 Å². The molecule has 4 heteroatoms. The Labute approximate surface area is 118 Å². The summed E-state index contributed by atoms with van der Waals surface area (Å²) in [6.45, 7) is 2.12.